The van der Waals surface area contributed by atoms with Gasteiger partial charge in [-0.15, -0.1) is 0 Å². The first-order chi connectivity index (χ1) is 8.89. The monoisotopic (exact) mass is 276 g/mol. The summed E-state index contributed by atoms with van der Waals surface area (Å²) in [4.78, 5) is 2.98. The van der Waals surface area contributed by atoms with Crippen molar-refractivity contribution in [1.29, 1.82) is 0 Å². The summed E-state index contributed by atoms with van der Waals surface area (Å²) in [6.45, 7) is 9.11. The van der Waals surface area contributed by atoms with Gasteiger partial charge in [-0.2, -0.15) is 0 Å². The van der Waals surface area contributed by atoms with E-state index in [0.29, 0.717) is 10.4 Å². The molecule has 2 nitrogen and oxygen atoms in total. The van der Waals surface area contributed by atoms with Gasteiger partial charge in [-0.05, 0) is 55.4 Å². The number of thiocarbonyl (C=S) groups is 1. The molecule has 0 radical (unpaired) electrons. The van der Waals surface area contributed by atoms with Gasteiger partial charge in [0.05, 0.1) is 0 Å². The van der Waals surface area contributed by atoms with Crippen LogP contribution < -0.4 is 10.6 Å². The molecule has 0 amide bonds. The third-order valence-corrected chi connectivity index (χ3v) is 4.40. The Morgan fingerprint density at radius 2 is 2.00 bits per heavy atom. The average molecular weight is 276 g/mol. The highest BCUT2D eigenvalue weighted by Gasteiger charge is 2.23. The Labute approximate surface area is 122 Å². The van der Waals surface area contributed by atoms with Crippen LogP contribution in [0.25, 0.3) is 0 Å². The topological polar surface area (TPSA) is 29.3 Å². The van der Waals surface area contributed by atoms with E-state index in [9.17, 15) is 0 Å². The first-order valence-corrected chi connectivity index (χ1v) is 7.45. The molecule has 0 unspecified atom stereocenters. The highest BCUT2D eigenvalue weighted by molar-refractivity contribution is 7.80. The highest BCUT2D eigenvalue weighted by Crippen LogP contribution is 2.32. The average Bonchev–Trinajstić information content (AvgIpc) is 2.49. The number of nitrogens with zero attached hydrogens (tertiary/aromatic N) is 1. The summed E-state index contributed by atoms with van der Waals surface area (Å²) in [6.07, 6.45) is 3.83. The molecule has 1 aromatic rings. The smallest absolute Gasteiger partial charge is 0.104 e. The zero-order valence-electron chi connectivity index (χ0n) is 12.2. The summed E-state index contributed by atoms with van der Waals surface area (Å²) in [5.41, 5.74) is 9.67. The molecule has 0 bridgehead atoms. The van der Waals surface area contributed by atoms with Crippen molar-refractivity contribution in [3.05, 3.63) is 29.3 Å². The van der Waals surface area contributed by atoms with Gasteiger partial charge in [0.2, 0.25) is 0 Å². The van der Waals surface area contributed by atoms with Crippen molar-refractivity contribution in [2.45, 2.75) is 40.0 Å². The molecule has 1 fully saturated rings. The van der Waals surface area contributed by atoms with E-state index < -0.39 is 0 Å². The summed E-state index contributed by atoms with van der Waals surface area (Å²) < 4.78 is 0. The number of anilines is 1. The zero-order valence-corrected chi connectivity index (χ0v) is 13.0. The third-order valence-electron chi connectivity index (χ3n) is 4.18. The number of hydrogen-bond acceptors (Lipinski definition) is 2. The number of aryl methyl sites for hydroxylation is 1. The number of rotatable bonds is 2. The fourth-order valence-corrected chi connectivity index (χ4v) is 3.03. The van der Waals surface area contributed by atoms with Crippen LogP contribution in [0.5, 0.6) is 0 Å². The molecule has 0 aromatic heterocycles. The Balaban J connectivity index is 2.18. The van der Waals surface area contributed by atoms with Gasteiger partial charge in [0.15, 0.2) is 0 Å². The first kappa shape index (κ1) is 14.3. The SMILES string of the molecule is Cc1cc(N2CCCC(C)(C)CC2)ccc1C(N)=S. The van der Waals surface area contributed by atoms with Crippen molar-refractivity contribution in [3.63, 3.8) is 0 Å². The van der Waals surface area contributed by atoms with Gasteiger partial charge in [0.25, 0.3) is 0 Å². The molecule has 104 valence electrons. The highest BCUT2D eigenvalue weighted by atomic mass is 32.1. The van der Waals surface area contributed by atoms with Gasteiger partial charge < -0.3 is 10.6 Å². The summed E-state index contributed by atoms with van der Waals surface area (Å²) in [6, 6.07) is 6.43. The third kappa shape index (κ3) is 3.47. The molecule has 0 atom stereocenters. The predicted octanol–water partition coefficient (Wildman–Crippen LogP) is 3.65. The lowest BCUT2D eigenvalue weighted by Crippen LogP contribution is -2.25. The maximum Gasteiger partial charge on any atom is 0.104 e. The summed E-state index contributed by atoms with van der Waals surface area (Å²) >= 11 is 5.07. The fraction of sp³-hybridized carbons (Fsp3) is 0.562. The number of benzene rings is 1. The van der Waals surface area contributed by atoms with Crippen molar-refractivity contribution in [1.82, 2.24) is 0 Å². The lowest BCUT2D eigenvalue weighted by atomic mass is 9.85. The van der Waals surface area contributed by atoms with E-state index in [1.807, 2.05) is 0 Å². The standard InChI is InChI=1S/C16H24N2S/c1-12-11-13(5-6-14(12)15(17)19)18-9-4-7-16(2,3)8-10-18/h5-6,11H,4,7-10H2,1-3H3,(H2,17,19). The number of nitrogens with two attached hydrogens (primary N) is 1. The second-order valence-corrected chi connectivity index (χ2v) is 6.81. The van der Waals surface area contributed by atoms with Crippen molar-refractivity contribution < 1.29 is 0 Å². The quantitative estimate of drug-likeness (QED) is 0.836. The molecule has 1 heterocycles. The fourth-order valence-electron chi connectivity index (χ4n) is 2.80. The molecule has 1 aliphatic heterocycles. The van der Waals surface area contributed by atoms with E-state index in [1.54, 1.807) is 0 Å². The van der Waals surface area contributed by atoms with Crippen LogP contribution in [0.4, 0.5) is 5.69 Å². The van der Waals surface area contributed by atoms with Gasteiger partial charge >= 0.3 is 0 Å². The normalized spacial score (nSPS) is 19.0. The Morgan fingerprint density at radius 1 is 1.26 bits per heavy atom. The van der Waals surface area contributed by atoms with Gasteiger partial charge in [0.1, 0.15) is 4.99 Å². The maximum atomic E-state index is 5.72. The van der Waals surface area contributed by atoms with E-state index in [4.69, 9.17) is 18.0 Å². The summed E-state index contributed by atoms with van der Waals surface area (Å²) in [7, 11) is 0. The van der Waals surface area contributed by atoms with Crippen LogP contribution in [0.3, 0.4) is 0 Å². The lowest BCUT2D eigenvalue weighted by molar-refractivity contribution is 0.325. The van der Waals surface area contributed by atoms with Crippen molar-refractivity contribution >= 4 is 22.9 Å². The maximum absolute atomic E-state index is 5.72. The number of hydrogen-bond donors (Lipinski definition) is 1. The first-order valence-electron chi connectivity index (χ1n) is 7.04. The van der Waals surface area contributed by atoms with E-state index in [2.05, 4.69) is 43.9 Å². The Kier molecular flexibility index (Phi) is 4.14. The van der Waals surface area contributed by atoms with E-state index in [1.165, 1.54) is 30.5 Å². The molecule has 2 rings (SSSR count). The Morgan fingerprint density at radius 3 is 2.63 bits per heavy atom. The molecule has 1 aliphatic rings. The minimum absolute atomic E-state index is 0.475. The van der Waals surface area contributed by atoms with Gasteiger partial charge in [0, 0.05) is 24.3 Å². The van der Waals surface area contributed by atoms with E-state index >= 15 is 0 Å². The second-order valence-electron chi connectivity index (χ2n) is 6.37. The van der Waals surface area contributed by atoms with Crippen molar-refractivity contribution in [3.8, 4) is 0 Å². The molecule has 0 spiro atoms. The van der Waals surface area contributed by atoms with Gasteiger partial charge in [-0.3, -0.25) is 0 Å². The summed E-state index contributed by atoms with van der Waals surface area (Å²) in [5, 5.41) is 0. The van der Waals surface area contributed by atoms with Crippen LogP contribution in [0.1, 0.15) is 44.2 Å². The van der Waals surface area contributed by atoms with E-state index in [-0.39, 0.29) is 0 Å². The summed E-state index contributed by atoms with van der Waals surface area (Å²) in [5.74, 6) is 0. The van der Waals surface area contributed by atoms with Crippen LogP contribution >= 0.6 is 12.2 Å². The molecule has 2 N–H and O–H groups in total. The van der Waals surface area contributed by atoms with Gasteiger partial charge in [-0.25, -0.2) is 0 Å². The van der Waals surface area contributed by atoms with Crippen LogP contribution in [0.2, 0.25) is 0 Å². The van der Waals surface area contributed by atoms with Crippen LogP contribution in [0.15, 0.2) is 18.2 Å². The predicted molar refractivity (Wildman–Crippen MR) is 86.9 cm³/mol. The van der Waals surface area contributed by atoms with Crippen molar-refractivity contribution in [2.75, 3.05) is 18.0 Å². The van der Waals surface area contributed by atoms with Crippen LogP contribution in [0, 0.1) is 12.3 Å². The minimum atomic E-state index is 0.475. The molecule has 19 heavy (non-hydrogen) atoms. The Bertz CT molecular complexity index is 480. The largest absolute Gasteiger partial charge is 0.389 e. The molecule has 1 saturated heterocycles. The van der Waals surface area contributed by atoms with Crippen molar-refractivity contribution in [2.24, 2.45) is 11.1 Å². The van der Waals surface area contributed by atoms with E-state index in [0.717, 1.165) is 18.7 Å². The van der Waals surface area contributed by atoms with Gasteiger partial charge in [-0.1, -0.05) is 26.1 Å². The zero-order chi connectivity index (χ0) is 14.0. The molecule has 0 aliphatic carbocycles. The lowest BCUT2D eigenvalue weighted by Gasteiger charge is -2.25. The molecule has 0 saturated carbocycles. The molecular weight excluding hydrogens is 252 g/mol. The Hall–Kier alpha value is -1.09. The second kappa shape index (κ2) is 5.49. The molecule has 3 heteroatoms. The molecular formula is C16H24N2S. The molecule has 1 aromatic carbocycles. The van der Waals surface area contributed by atoms with Crippen LogP contribution in [-0.2, 0) is 0 Å². The van der Waals surface area contributed by atoms with Crippen LogP contribution in [-0.4, -0.2) is 18.1 Å². The minimum Gasteiger partial charge on any atom is -0.389 e.